The van der Waals surface area contributed by atoms with Crippen LogP contribution >= 0.6 is 11.8 Å². The molecular weight excluding hydrogens is 223 g/mol. The van der Waals surface area contributed by atoms with Crippen molar-refractivity contribution in [2.45, 2.75) is 24.5 Å². The third-order valence-electron chi connectivity index (χ3n) is 2.81. The van der Waals surface area contributed by atoms with Crippen LogP contribution in [0.2, 0.25) is 0 Å². The second-order valence-electron chi connectivity index (χ2n) is 4.10. The molecule has 0 radical (unpaired) electrons. The molecule has 1 aromatic rings. The second kappa shape index (κ2) is 5.43. The maximum absolute atomic E-state index is 12.8. The number of nitrogens with one attached hydrogen (secondary N) is 1. The average Bonchev–Trinajstić information content (AvgIpc) is 2.29. The van der Waals surface area contributed by atoms with E-state index in [1.54, 1.807) is 6.07 Å². The van der Waals surface area contributed by atoms with Crippen LogP contribution in [-0.4, -0.2) is 17.5 Å². The zero-order valence-corrected chi connectivity index (χ0v) is 10.0. The molecule has 0 amide bonds. The summed E-state index contributed by atoms with van der Waals surface area (Å²) < 4.78 is 12.8. The number of rotatable bonds is 3. The standard InChI is InChI=1S/C12H17FN2S/c13-9-4-5-12(11(14)7-9)15-8-10-3-1-2-6-16-10/h4-5,7,10,15H,1-3,6,8,14H2. The van der Waals surface area contributed by atoms with Crippen molar-refractivity contribution >= 4 is 23.1 Å². The summed E-state index contributed by atoms with van der Waals surface area (Å²) in [4.78, 5) is 0. The number of halogens is 1. The molecule has 4 heteroatoms. The van der Waals surface area contributed by atoms with Gasteiger partial charge in [0.25, 0.3) is 0 Å². The van der Waals surface area contributed by atoms with Gasteiger partial charge in [-0.25, -0.2) is 4.39 Å². The minimum Gasteiger partial charge on any atom is -0.397 e. The van der Waals surface area contributed by atoms with Gasteiger partial charge in [0.05, 0.1) is 11.4 Å². The number of thioether (sulfide) groups is 1. The summed E-state index contributed by atoms with van der Waals surface area (Å²) in [6.07, 6.45) is 3.91. The van der Waals surface area contributed by atoms with Gasteiger partial charge in [0.15, 0.2) is 0 Å². The van der Waals surface area contributed by atoms with E-state index in [2.05, 4.69) is 5.32 Å². The lowest BCUT2D eigenvalue weighted by molar-refractivity contribution is 0.628. The van der Waals surface area contributed by atoms with Gasteiger partial charge < -0.3 is 11.1 Å². The summed E-state index contributed by atoms with van der Waals surface area (Å²) in [5.41, 5.74) is 7.05. The highest BCUT2D eigenvalue weighted by atomic mass is 32.2. The van der Waals surface area contributed by atoms with Gasteiger partial charge in [-0.15, -0.1) is 0 Å². The molecule has 2 nitrogen and oxygen atoms in total. The smallest absolute Gasteiger partial charge is 0.125 e. The highest BCUT2D eigenvalue weighted by Gasteiger charge is 2.13. The van der Waals surface area contributed by atoms with E-state index in [0.717, 1.165) is 12.2 Å². The monoisotopic (exact) mass is 240 g/mol. The van der Waals surface area contributed by atoms with E-state index in [1.807, 2.05) is 11.8 Å². The van der Waals surface area contributed by atoms with Crippen molar-refractivity contribution < 1.29 is 4.39 Å². The van der Waals surface area contributed by atoms with E-state index in [0.29, 0.717) is 10.9 Å². The van der Waals surface area contributed by atoms with Crippen LogP contribution in [-0.2, 0) is 0 Å². The minimum absolute atomic E-state index is 0.282. The molecule has 1 aliphatic rings. The highest BCUT2D eigenvalue weighted by molar-refractivity contribution is 7.99. The van der Waals surface area contributed by atoms with E-state index in [-0.39, 0.29) is 5.82 Å². The Kier molecular flexibility index (Phi) is 3.93. The topological polar surface area (TPSA) is 38.0 Å². The van der Waals surface area contributed by atoms with Crippen LogP contribution in [0.3, 0.4) is 0 Å². The van der Waals surface area contributed by atoms with Crippen molar-refractivity contribution in [1.82, 2.24) is 0 Å². The Hall–Kier alpha value is -0.900. The number of nitrogens with two attached hydrogens (primary N) is 1. The first-order valence-corrected chi connectivity index (χ1v) is 6.71. The maximum Gasteiger partial charge on any atom is 0.125 e. The van der Waals surface area contributed by atoms with Crippen molar-refractivity contribution in [2.24, 2.45) is 0 Å². The van der Waals surface area contributed by atoms with E-state index in [4.69, 9.17) is 5.73 Å². The van der Waals surface area contributed by atoms with Gasteiger partial charge >= 0.3 is 0 Å². The van der Waals surface area contributed by atoms with Crippen LogP contribution in [0.15, 0.2) is 18.2 Å². The number of benzene rings is 1. The van der Waals surface area contributed by atoms with E-state index in [1.165, 1.54) is 37.1 Å². The predicted octanol–water partition coefficient (Wildman–Crippen LogP) is 3.11. The molecule has 0 aliphatic carbocycles. The first-order valence-electron chi connectivity index (χ1n) is 5.66. The molecule has 0 spiro atoms. The van der Waals surface area contributed by atoms with Gasteiger partial charge in [0.1, 0.15) is 5.82 Å². The summed E-state index contributed by atoms with van der Waals surface area (Å²) in [5, 5.41) is 3.96. The average molecular weight is 240 g/mol. The summed E-state index contributed by atoms with van der Waals surface area (Å²) in [5.74, 6) is 0.973. The van der Waals surface area contributed by atoms with E-state index in [9.17, 15) is 4.39 Å². The molecule has 1 fully saturated rings. The van der Waals surface area contributed by atoms with Crippen LogP contribution in [0, 0.1) is 5.82 Å². The number of hydrogen-bond donors (Lipinski definition) is 2. The Bertz CT molecular complexity index is 351. The largest absolute Gasteiger partial charge is 0.397 e. The maximum atomic E-state index is 12.8. The van der Waals surface area contributed by atoms with Crippen molar-refractivity contribution in [3.63, 3.8) is 0 Å². The van der Waals surface area contributed by atoms with Crippen LogP contribution in [0.4, 0.5) is 15.8 Å². The Labute approximate surface area is 99.8 Å². The van der Waals surface area contributed by atoms with Crippen LogP contribution in [0.25, 0.3) is 0 Å². The molecule has 2 rings (SSSR count). The SMILES string of the molecule is Nc1cc(F)ccc1NCC1CCCCS1. The second-order valence-corrected chi connectivity index (χ2v) is 5.51. The summed E-state index contributed by atoms with van der Waals surface area (Å²) in [7, 11) is 0. The van der Waals surface area contributed by atoms with E-state index < -0.39 is 0 Å². The van der Waals surface area contributed by atoms with Crippen molar-refractivity contribution in [3.05, 3.63) is 24.0 Å². The first kappa shape index (κ1) is 11.6. The van der Waals surface area contributed by atoms with Gasteiger partial charge in [-0.1, -0.05) is 6.42 Å². The normalized spacial score (nSPS) is 20.7. The van der Waals surface area contributed by atoms with Gasteiger partial charge in [0.2, 0.25) is 0 Å². The molecule has 1 heterocycles. The molecule has 1 unspecified atom stereocenters. The fourth-order valence-corrected chi connectivity index (χ4v) is 3.13. The third-order valence-corrected chi connectivity index (χ3v) is 4.21. The fourth-order valence-electron chi connectivity index (χ4n) is 1.89. The molecule has 3 N–H and O–H groups in total. The molecule has 0 saturated carbocycles. The van der Waals surface area contributed by atoms with Crippen LogP contribution in [0.5, 0.6) is 0 Å². The predicted molar refractivity (Wildman–Crippen MR) is 69.4 cm³/mol. The fraction of sp³-hybridized carbons (Fsp3) is 0.500. The van der Waals surface area contributed by atoms with Gasteiger partial charge in [0, 0.05) is 11.8 Å². The van der Waals surface area contributed by atoms with Gasteiger partial charge in [-0.05, 0) is 36.8 Å². The molecular formula is C12H17FN2S. The number of anilines is 2. The molecule has 0 bridgehead atoms. The molecule has 1 saturated heterocycles. The lowest BCUT2D eigenvalue weighted by Gasteiger charge is -2.22. The molecule has 88 valence electrons. The molecule has 1 aromatic carbocycles. The first-order chi connectivity index (χ1) is 7.75. The molecule has 0 aromatic heterocycles. The lowest BCUT2D eigenvalue weighted by atomic mass is 10.2. The Morgan fingerprint density at radius 1 is 1.44 bits per heavy atom. The summed E-state index contributed by atoms with van der Waals surface area (Å²) >= 11 is 2.01. The van der Waals surface area contributed by atoms with Gasteiger partial charge in [-0.2, -0.15) is 11.8 Å². The van der Waals surface area contributed by atoms with Crippen molar-refractivity contribution in [2.75, 3.05) is 23.3 Å². The summed E-state index contributed by atoms with van der Waals surface area (Å²) in [6.45, 7) is 0.917. The van der Waals surface area contributed by atoms with Crippen LogP contribution < -0.4 is 11.1 Å². The zero-order chi connectivity index (χ0) is 11.4. The van der Waals surface area contributed by atoms with E-state index >= 15 is 0 Å². The lowest BCUT2D eigenvalue weighted by Crippen LogP contribution is -2.20. The zero-order valence-electron chi connectivity index (χ0n) is 9.21. The quantitative estimate of drug-likeness (QED) is 0.797. The molecule has 1 atom stereocenters. The summed E-state index contributed by atoms with van der Waals surface area (Å²) in [6, 6.07) is 4.50. The Morgan fingerprint density at radius 2 is 2.31 bits per heavy atom. The van der Waals surface area contributed by atoms with Gasteiger partial charge in [-0.3, -0.25) is 0 Å². The van der Waals surface area contributed by atoms with Crippen molar-refractivity contribution in [3.8, 4) is 0 Å². The van der Waals surface area contributed by atoms with Crippen molar-refractivity contribution in [1.29, 1.82) is 0 Å². The van der Waals surface area contributed by atoms with Crippen LogP contribution in [0.1, 0.15) is 19.3 Å². The third kappa shape index (κ3) is 3.04. The highest BCUT2D eigenvalue weighted by Crippen LogP contribution is 2.26. The minimum atomic E-state index is -0.282. The number of hydrogen-bond acceptors (Lipinski definition) is 3. The Balaban J connectivity index is 1.88. The molecule has 16 heavy (non-hydrogen) atoms. The molecule has 1 aliphatic heterocycles. The Morgan fingerprint density at radius 3 is 3.00 bits per heavy atom. The number of nitrogen functional groups attached to an aromatic ring is 1.